The lowest BCUT2D eigenvalue weighted by Gasteiger charge is -2.30. The molecule has 1 heterocycles. The standard InChI is InChI=1S/C8H12N4O3S.BrH/c1-8(2-3-16-6(9)10)4(13)11-7(15)12-5(8)14;/h2-3H2,1H3,(H3,9,10)(H2,11,12,13,14,15);1H. The highest BCUT2D eigenvalue weighted by Gasteiger charge is 2.45. The van der Waals surface area contributed by atoms with E-state index in [1.807, 2.05) is 10.6 Å². The Morgan fingerprint density at radius 1 is 1.35 bits per heavy atom. The van der Waals surface area contributed by atoms with E-state index < -0.39 is 23.3 Å². The van der Waals surface area contributed by atoms with Crippen molar-refractivity contribution in [3.05, 3.63) is 0 Å². The molecule has 0 atom stereocenters. The third kappa shape index (κ3) is 3.70. The summed E-state index contributed by atoms with van der Waals surface area (Å²) in [5.74, 6) is -0.878. The van der Waals surface area contributed by atoms with Crippen LogP contribution in [0.5, 0.6) is 0 Å². The maximum absolute atomic E-state index is 11.5. The average Bonchev–Trinajstić information content (AvgIpc) is 2.14. The van der Waals surface area contributed by atoms with Crippen LogP contribution in [0.4, 0.5) is 4.79 Å². The van der Waals surface area contributed by atoms with Gasteiger partial charge < -0.3 is 5.73 Å². The predicted molar refractivity (Wildman–Crippen MR) is 69.1 cm³/mol. The number of rotatable bonds is 3. The molecule has 0 aromatic heterocycles. The van der Waals surface area contributed by atoms with E-state index in [9.17, 15) is 14.4 Å². The largest absolute Gasteiger partial charge is 0.379 e. The summed E-state index contributed by atoms with van der Waals surface area (Å²) in [5, 5.41) is 11.0. The zero-order valence-corrected chi connectivity index (χ0v) is 11.6. The fraction of sp³-hybridized carbons (Fsp3) is 0.500. The average molecular weight is 325 g/mol. The van der Waals surface area contributed by atoms with Crippen molar-refractivity contribution in [3.8, 4) is 0 Å². The molecular weight excluding hydrogens is 312 g/mol. The van der Waals surface area contributed by atoms with Crippen molar-refractivity contribution in [1.29, 1.82) is 5.41 Å². The Labute approximate surface area is 113 Å². The van der Waals surface area contributed by atoms with Crippen LogP contribution in [0.2, 0.25) is 0 Å². The van der Waals surface area contributed by atoms with Gasteiger partial charge in [0.25, 0.3) is 0 Å². The highest BCUT2D eigenvalue weighted by Crippen LogP contribution is 2.26. The molecule has 1 aliphatic heterocycles. The number of imide groups is 2. The van der Waals surface area contributed by atoms with Crippen LogP contribution in [0, 0.1) is 10.8 Å². The van der Waals surface area contributed by atoms with Crippen molar-refractivity contribution < 1.29 is 14.4 Å². The van der Waals surface area contributed by atoms with Gasteiger partial charge in [-0.3, -0.25) is 25.6 Å². The minimum atomic E-state index is -1.28. The van der Waals surface area contributed by atoms with Gasteiger partial charge in [-0.2, -0.15) is 0 Å². The fourth-order valence-electron chi connectivity index (χ4n) is 1.21. The second-order valence-electron chi connectivity index (χ2n) is 3.53. The first-order valence-electron chi connectivity index (χ1n) is 4.50. The fourth-order valence-corrected chi connectivity index (χ4v) is 1.94. The van der Waals surface area contributed by atoms with E-state index in [-0.39, 0.29) is 28.6 Å². The first-order chi connectivity index (χ1) is 7.36. The van der Waals surface area contributed by atoms with E-state index in [2.05, 4.69) is 0 Å². The van der Waals surface area contributed by atoms with E-state index in [4.69, 9.17) is 11.1 Å². The summed E-state index contributed by atoms with van der Waals surface area (Å²) >= 11 is 1.04. The molecule has 5 N–H and O–H groups in total. The summed E-state index contributed by atoms with van der Waals surface area (Å²) < 4.78 is 0. The van der Waals surface area contributed by atoms with Gasteiger partial charge in [-0.05, 0) is 13.3 Å². The molecule has 0 aliphatic carbocycles. The topological polar surface area (TPSA) is 125 Å². The molecule has 0 radical (unpaired) electrons. The highest BCUT2D eigenvalue weighted by molar-refractivity contribution is 8.93. The maximum Gasteiger partial charge on any atom is 0.328 e. The van der Waals surface area contributed by atoms with Crippen molar-refractivity contribution in [1.82, 2.24) is 10.6 Å². The highest BCUT2D eigenvalue weighted by atomic mass is 79.9. The first-order valence-corrected chi connectivity index (χ1v) is 5.48. The maximum atomic E-state index is 11.5. The van der Waals surface area contributed by atoms with Crippen LogP contribution in [0.3, 0.4) is 0 Å². The summed E-state index contributed by atoms with van der Waals surface area (Å²) in [4.78, 5) is 33.9. The molecule has 7 nitrogen and oxygen atoms in total. The van der Waals surface area contributed by atoms with Crippen molar-refractivity contribution in [3.63, 3.8) is 0 Å². The number of hydrogen-bond acceptors (Lipinski definition) is 5. The van der Waals surface area contributed by atoms with Gasteiger partial charge >= 0.3 is 6.03 Å². The molecule has 1 aliphatic rings. The van der Waals surface area contributed by atoms with E-state index in [0.29, 0.717) is 5.75 Å². The number of thioether (sulfide) groups is 1. The summed E-state index contributed by atoms with van der Waals surface area (Å²) in [7, 11) is 0. The van der Waals surface area contributed by atoms with Crippen molar-refractivity contribution in [2.45, 2.75) is 13.3 Å². The predicted octanol–water partition coefficient (Wildman–Crippen LogP) is -0.0466. The van der Waals surface area contributed by atoms with Crippen molar-refractivity contribution >= 4 is 51.8 Å². The van der Waals surface area contributed by atoms with Crippen molar-refractivity contribution in [2.24, 2.45) is 11.1 Å². The molecule has 1 rings (SSSR count). The minimum Gasteiger partial charge on any atom is -0.379 e. The SMILES string of the molecule is Br.CC1(CCSC(=N)N)C(=O)NC(=O)NC1=O. The van der Waals surface area contributed by atoms with Crippen LogP contribution in [-0.2, 0) is 9.59 Å². The number of nitrogens with two attached hydrogens (primary N) is 1. The molecule has 4 amide bonds. The smallest absolute Gasteiger partial charge is 0.328 e. The molecule has 9 heteroatoms. The van der Waals surface area contributed by atoms with Crippen molar-refractivity contribution in [2.75, 3.05) is 5.75 Å². The second-order valence-corrected chi connectivity index (χ2v) is 4.67. The van der Waals surface area contributed by atoms with E-state index >= 15 is 0 Å². The third-order valence-electron chi connectivity index (χ3n) is 2.32. The van der Waals surface area contributed by atoms with Crippen LogP contribution >= 0.6 is 28.7 Å². The Morgan fingerprint density at radius 3 is 2.24 bits per heavy atom. The second kappa shape index (κ2) is 6.01. The Kier molecular flexibility index (Phi) is 5.62. The number of carbonyl (C=O) groups excluding carboxylic acids is 3. The number of amides is 4. The van der Waals surface area contributed by atoms with E-state index in [1.165, 1.54) is 6.92 Å². The molecular formula is C8H13BrN4O3S. The molecule has 0 aromatic carbocycles. The number of carbonyl (C=O) groups is 3. The molecule has 1 fully saturated rings. The Morgan fingerprint density at radius 2 is 1.82 bits per heavy atom. The van der Waals surface area contributed by atoms with Crippen LogP contribution in [0.25, 0.3) is 0 Å². The van der Waals surface area contributed by atoms with Gasteiger partial charge in [-0.25, -0.2) is 4.79 Å². The van der Waals surface area contributed by atoms with Crippen LogP contribution in [0.1, 0.15) is 13.3 Å². The van der Waals surface area contributed by atoms with E-state index in [1.54, 1.807) is 0 Å². The lowest BCUT2D eigenvalue weighted by atomic mass is 9.84. The monoisotopic (exact) mass is 324 g/mol. The quantitative estimate of drug-likeness (QED) is 0.329. The molecule has 0 aromatic rings. The molecule has 0 spiro atoms. The lowest BCUT2D eigenvalue weighted by Crippen LogP contribution is -2.61. The van der Waals surface area contributed by atoms with Crippen LogP contribution in [-0.4, -0.2) is 28.8 Å². The summed E-state index contributed by atoms with van der Waals surface area (Å²) in [5.41, 5.74) is 3.85. The molecule has 1 saturated heterocycles. The molecule has 0 unspecified atom stereocenters. The third-order valence-corrected chi connectivity index (χ3v) is 3.04. The van der Waals surface area contributed by atoms with Gasteiger partial charge in [0.15, 0.2) is 5.17 Å². The van der Waals surface area contributed by atoms with Gasteiger partial charge in [-0.1, -0.05) is 11.8 Å². The lowest BCUT2D eigenvalue weighted by molar-refractivity contribution is -0.143. The van der Waals surface area contributed by atoms with Gasteiger partial charge in [-0.15, -0.1) is 17.0 Å². The molecule has 0 saturated carbocycles. The Balaban J connectivity index is 0.00000256. The summed E-state index contributed by atoms with van der Waals surface area (Å²) in [6.45, 7) is 1.45. The summed E-state index contributed by atoms with van der Waals surface area (Å²) in [6, 6.07) is -0.799. The molecule has 96 valence electrons. The minimum absolute atomic E-state index is 0. The summed E-state index contributed by atoms with van der Waals surface area (Å²) in [6.07, 6.45) is 0.211. The van der Waals surface area contributed by atoms with Gasteiger partial charge in [0.1, 0.15) is 5.41 Å². The Hall–Kier alpha value is -1.09. The molecule has 0 bridgehead atoms. The zero-order valence-electron chi connectivity index (χ0n) is 9.03. The van der Waals surface area contributed by atoms with Gasteiger partial charge in [0, 0.05) is 5.75 Å². The normalized spacial score (nSPS) is 17.8. The first kappa shape index (κ1) is 15.9. The number of hydrogen-bond donors (Lipinski definition) is 4. The number of amidine groups is 1. The zero-order chi connectivity index (χ0) is 12.3. The van der Waals surface area contributed by atoms with Crippen LogP contribution in [0.15, 0.2) is 0 Å². The number of nitrogens with one attached hydrogen (secondary N) is 3. The number of barbiturate groups is 1. The number of urea groups is 1. The van der Waals surface area contributed by atoms with Gasteiger partial charge in [0.2, 0.25) is 11.8 Å². The number of halogens is 1. The van der Waals surface area contributed by atoms with E-state index in [0.717, 1.165) is 11.8 Å². The van der Waals surface area contributed by atoms with Crippen LogP contribution < -0.4 is 16.4 Å². The molecule has 17 heavy (non-hydrogen) atoms. The van der Waals surface area contributed by atoms with Gasteiger partial charge in [0.05, 0.1) is 0 Å². The Bertz CT molecular complexity index is 354.